The third-order valence-electron chi connectivity index (χ3n) is 6.47. The largest absolute Gasteiger partial charge is 0.456 e. The number of ether oxygens (including phenoxy) is 1. The number of allylic oxidation sites excluding steroid dienone is 2. The van der Waals surface area contributed by atoms with Gasteiger partial charge in [0.2, 0.25) is 0 Å². The Bertz CT molecular complexity index is 1510. The van der Waals surface area contributed by atoms with Gasteiger partial charge in [-0.2, -0.15) is 5.26 Å². The Kier molecular flexibility index (Phi) is 7.91. The van der Waals surface area contributed by atoms with Crippen LogP contribution in [0.3, 0.4) is 0 Å². The average molecular weight is 544 g/mol. The minimum absolute atomic E-state index is 0.0586. The third-order valence-corrected chi connectivity index (χ3v) is 7.95. The topological polar surface area (TPSA) is 176 Å². The number of anilines is 1. The van der Waals surface area contributed by atoms with Crippen LogP contribution in [0.1, 0.15) is 12.7 Å². The molecule has 5 atom stereocenters. The molecule has 3 aromatic rings. The number of hydrogen-bond donors (Lipinski definition) is 5. The van der Waals surface area contributed by atoms with Crippen molar-refractivity contribution in [2.45, 2.75) is 37.6 Å². The summed E-state index contributed by atoms with van der Waals surface area (Å²) in [4.78, 5) is 1.40. The molecule has 0 radical (unpaired) electrons. The Balaban J connectivity index is 1.55. The lowest BCUT2D eigenvalue weighted by molar-refractivity contribution is -0.279. The van der Waals surface area contributed by atoms with Crippen molar-refractivity contribution in [3.63, 3.8) is 0 Å². The van der Waals surface area contributed by atoms with Crippen molar-refractivity contribution in [2.24, 2.45) is 0 Å². The number of aliphatic hydroxyl groups is 4. The molecule has 1 saturated heterocycles. The van der Waals surface area contributed by atoms with Crippen molar-refractivity contribution in [1.29, 1.82) is 5.26 Å². The molecule has 38 heavy (non-hydrogen) atoms. The van der Waals surface area contributed by atoms with Crippen LogP contribution in [0.15, 0.2) is 57.9 Å². The van der Waals surface area contributed by atoms with Crippen LogP contribution in [-0.4, -0.2) is 80.2 Å². The first-order valence-corrected chi connectivity index (χ1v) is 13.2. The smallest absolute Gasteiger partial charge is 0.251 e. The molecule has 2 heterocycles. The summed E-state index contributed by atoms with van der Waals surface area (Å²) < 4.78 is 38.8. The van der Waals surface area contributed by atoms with Gasteiger partial charge in [-0.05, 0) is 48.0 Å². The van der Waals surface area contributed by atoms with Gasteiger partial charge in [0.1, 0.15) is 42.0 Å². The average Bonchev–Trinajstić information content (AvgIpc) is 3.39. The van der Waals surface area contributed by atoms with E-state index in [-0.39, 0.29) is 11.3 Å². The summed E-state index contributed by atoms with van der Waals surface area (Å²) in [6, 6.07) is 16.8. The van der Waals surface area contributed by atoms with E-state index in [1.165, 1.54) is 6.92 Å². The van der Waals surface area contributed by atoms with Gasteiger partial charge in [0.15, 0.2) is 11.2 Å². The maximum absolute atomic E-state index is 12.9. The minimum atomic E-state index is -4.40. The molecule has 1 aliphatic heterocycles. The summed E-state index contributed by atoms with van der Waals surface area (Å²) >= 11 is 0. The Labute approximate surface area is 219 Å². The number of nitriles is 1. The van der Waals surface area contributed by atoms with Crippen molar-refractivity contribution in [2.75, 3.05) is 25.5 Å². The lowest BCUT2D eigenvalue weighted by Gasteiger charge is -2.38. The van der Waals surface area contributed by atoms with Gasteiger partial charge in [-0.3, -0.25) is 0 Å². The molecule has 1 unspecified atom stereocenters. The molecule has 1 aliphatic rings. The number of sulfonamides is 1. The van der Waals surface area contributed by atoms with Crippen LogP contribution in [0.5, 0.6) is 0 Å². The summed E-state index contributed by atoms with van der Waals surface area (Å²) in [6.07, 6.45) is -8.35. The number of benzene rings is 2. The molecule has 11 nitrogen and oxygen atoms in total. The van der Waals surface area contributed by atoms with E-state index in [4.69, 9.17) is 9.15 Å². The Morgan fingerprint density at radius 1 is 1.00 bits per heavy atom. The molecule has 0 amide bonds. The molecule has 202 valence electrons. The maximum atomic E-state index is 12.9. The van der Waals surface area contributed by atoms with Gasteiger partial charge in [-0.25, -0.2) is 13.1 Å². The first kappa shape index (κ1) is 27.7. The summed E-state index contributed by atoms with van der Waals surface area (Å²) in [5.74, 6) is 0.661. The zero-order valence-corrected chi connectivity index (χ0v) is 21.8. The molecule has 0 aliphatic carbocycles. The van der Waals surface area contributed by atoms with E-state index in [0.717, 1.165) is 22.0 Å². The Morgan fingerprint density at radius 2 is 1.68 bits per heavy atom. The van der Waals surface area contributed by atoms with Crippen LogP contribution < -0.4 is 9.62 Å². The highest BCUT2D eigenvalue weighted by atomic mass is 32.2. The van der Waals surface area contributed by atoms with Crippen LogP contribution in [0.4, 0.5) is 5.69 Å². The summed E-state index contributed by atoms with van der Waals surface area (Å²) in [6.45, 7) is 0.859. The van der Waals surface area contributed by atoms with Gasteiger partial charge in [0, 0.05) is 37.5 Å². The number of rotatable bonds is 7. The predicted octanol–water partition coefficient (Wildman–Crippen LogP) is 1.14. The van der Waals surface area contributed by atoms with Crippen molar-refractivity contribution in [3.05, 3.63) is 59.2 Å². The highest BCUT2D eigenvalue weighted by molar-refractivity contribution is 7.93. The molecule has 0 bridgehead atoms. The fourth-order valence-electron chi connectivity index (χ4n) is 4.18. The molecule has 4 rings (SSSR count). The molecule has 1 aromatic heterocycles. The number of fused-ring (bicyclic) bond motifs is 1. The molecule has 2 aromatic carbocycles. The molecule has 1 fully saturated rings. The van der Waals surface area contributed by atoms with Crippen molar-refractivity contribution in [1.82, 2.24) is 4.72 Å². The van der Waals surface area contributed by atoms with E-state index in [1.807, 2.05) is 49.3 Å². The van der Waals surface area contributed by atoms with Gasteiger partial charge in [0.25, 0.3) is 10.0 Å². The highest BCUT2D eigenvalue weighted by Crippen LogP contribution is 2.31. The standard InChI is InChI=1S/C26H29N3O8S/c1-14(22(12-27)38(34,35)28-13-21-23(30)24(31)25(32)26(33)37-21)19-8-9-20(36-19)17-5-4-16-11-18(29(2)3)7-6-15(16)10-17/h4-11,21,23-26,28,30-33H,13H2,1-3H3/b22-14+/t21-,23-,24+,25-,26?/m1/s1. The monoisotopic (exact) mass is 543 g/mol. The second-order valence-corrected chi connectivity index (χ2v) is 11.0. The van der Waals surface area contributed by atoms with Crippen LogP contribution >= 0.6 is 0 Å². The van der Waals surface area contributed by atoms with Crippen molar-refractivity contribution in [3.8, 4) is 17.4 Å². The molecular weight excluding hydrogens is 514 g/mol. The van der Waals surface area contributed by atoms with E-state index < -0.39 is 52.2 Å². The highest BCUT2D eigenvalue weighted by Gasteiger charge is 2.43. The predicted molar refractivity (Wildman–Crippen MR) is 140 cm³/mol. The van der Waals surface area contributed by atoms with Crippen LogP contribution in [-0.2, 0) is 14.8 Å². The van der Waals surface area contributed by atoms with Gasteiger partial charge >= 0.3 is 0 Å². The molecule has 0 spiro atoms. The number of aliphatic hydroxyl groups excluding tert-OH is 4. The fraction of sp³-hybridized carbons (Fsp3) is 0.346. The minimum Gasteiger partial charge on any atom is -0.456 e. The summed E-state index contributed by atoms with van der Waals surface area (Å²) in [5.41, 5.74) is 1.90. The Morgan fingerprint density at radius 3 is 2.37 bits per heavy atom. The third kappa shape index (κ3) is 5.45. The molecule has 0 saturated carbocycles. The number of nitrogens with one attached hydrogen (secondary N) is 1. The van der Waals surface area contributed by atoms with E-state index in [2.05, 4.69) is 10.8 Å². The second kappa shape index (κ2) is 10.8. The normalized spacial score (nSPS) is 24.6. The lowest BCUT2D eigenvalue weighted by atomic mass is 9.99. The fourth-order valence-corrected chi connectivity index (χ4v) is 5.33. The number of furan rings is 1. The van der Waals surface area contributed by atoms with Crippen molar-refractivity contribution < 1.29 is 38.0 Å². The number of hydrogen-bond acceptors (Lipinski definition) is 10. The van der Waals surface area contributed by atoms with E-state index in [9.17, 15) is 34.1 Å². The zero-order chi connectivity index (χ0) is 27.8. The van der Waals surface area contributed by atoms with Crippen LogP contribution in [0.25, 0.3) is 27.7 Å². The first-order chi connectivity index (χ1) is 17.9. The van der Waals surface area contributed by atoms with E-state index in [0.29, 0.717) is 5.76 Å². The van der Waals surface area contributed by atoms with Crippen molar-refractivity contribution >= 4 is 32.1 Å². The molecular formula is C26H29N3O8S. The van der Waals surface area contributed by atoms with Gasteiger partial charge in [0.05, 0.1) is 0 Å². The quantitative estimate of drug-likeness (QED) is 0.272. The molecule has 5 N–H and O–H groups in total. The van der Waals surface area contributed by atoms with Gasteiger partial charge in [-0.1, -0.05) is 18.2 Å². The van der Waals surface area contributed by atoms with Gasteiger partial charge in [-0.15, -0.1) is 0 Å². The zero-order valence-electron chi connectivity index (χ0n) is 20.9. The first-order valence-electron chi connectivity index (χ1n) is 11.7. The summed E-state index contributed by atoms with van der Waals surface area (Å²) in [7, 11) is -0.466. The number of nitrogens with zero attached hydrogens (tertiary/aromatic N) is 2. The van der Waals surface area contributed by atoms with E-state index in [1.54, 1.807) is 18.2 Å². The van der Waals surface area contributed by atoms with Crippen LogP contribution in [0.2, 0.25) is 0 Å². The Hall–Kier alpha value is -3.28. The van der Waals surface area contributed by atoms with Crippen LogP contribution in [0, 0.1) is 11.3 Å². The lowest BCUT2D eigenvalue weighted by Crippen LogP contribution is -2.59. The second-order valence-electron chi connectivity index (χ2n) is 9.26. The van der Waals surface area contributed by atoms with E-state index >= 15 is 0 Å². The SMILES string of the molecule is C/C(=C(/C#N)S(=O)(=O)NC[C@H]1OC(O)[C@H](O)[C@@H](O)[C@@H]1O)c1ccc(-c2ccc3cc(N(C)C)ccc3c2)o1. The summed E-state index contributed by atoms with van der Waals surface area (Å²) in [5, 5.41) is 50.8. The van der Waals surface area contributed by atoms with Gasteiger partial charge < -0.3 is 34.5 Å². The molecule has 12 heteroatoms. The maximum Gasteiger partial charge on any atom is 0.251 e.